The summed E-state index contributed by atoms with van der Waals surface area (Å²) in [6.45, 7) is 9.34. The van der Waals surface area contributed by atoms with Gasteiger partial charge in [-0.15, -0.1) is 0 Å². The largest absolute Gasteiger partial charge is 0.370 e. The average Bonchev–Trinajstić information content (AvgIpc) is 3.31. The van der Waals surface area contributed by atoms with E-state index >= 15 is 0 Å². The Morgan fingerprint density at radius 2 is 1.71 bits per heavy atom. The zero-order valence-corrected chi connectivity index (χ0v) is 18.8. The molecule has 0 aromatic heterocycles. The summed E-state index contributed by atoms with van der Waals surface area (Å²) in [5.41, 5.74) is 4.51. The molecule has 2 aromatic carbocycles. The van der Waals surface area contributed by atoms with Crippen molar-refractivity contribution < 1.29 is 9.59 Å². The smallest absolute Gasteiger partial charge is 0.319 e. The highest BCUT2D eigenvalue weighted by Gasteiger charge is 2.19. The highest BCUT2D eigenvalue weighted by molar-refractivity contribution is 5.99. The van der Waals surface area contributed by atoms with Gasteiger partial charge in [0, 0.05) is 31.7 Å². The number of hydrogen-bond donors (Lipinski definition) is 3. The third-order valence-electron chi connectivity index (χ3n) is 5.59. The summed E-state index contributed by atoms with van der Waals surface area (Å²) in [5.74, 6) is 0.330. The van der Waals surface area contributed by atoms with Crippen LogP contribution in [0, 0.1) is 0 Å². The summed E-state index contributed by atoms with van der Waals surface area (Å²) >= 11 is 0. The predicted molar refractivity (Wildman–Crippen MR) is 127 cm³/mol. The molecule has 6 nitrogen and oxygen atoms in total. The van der Waals surface area contributed by atoms with E-state index in [1.807, 2.05) is 19.1 Å². The lowest BCUT2D eigenvalue weighted by Crippen LogP contribution is -2.31. The lowest BCUT2D eigenvalue weighted by atomic mass is 10.0. The molecule has 1 saturated heterocycles. The molecule has 1 heterocycles. The Hall–Kier alpha value is -3.02. The van der Waals surface area contributed by atoms with Crippen LogP contribution in [0.1, 0.15) is 67.4 Å². The van der Waals surface area contributed by atoms with Crippen molar-refractivity contribution in [2.24, 2.45) is 0 Å². The summed E-state index contributed by atoms with van der Waals surface area (Å²) in [7, 11) is 0. The molecular weight excluding hydrogens is 388 g/mol. The molecule has 0 aliphatic carbocycles. The second-order valence-corrected chi connectivity index (χ2v) is 8.39. The first-order valence-electron chi connectivity index (χ1n) is 11.3. The quantitative estimate of drug-likeness (QED) is 0.568. The third-order valence-corrected chi connectivity index (χ3v) is 5.59. The maximum atomic E-state index is 12.8. The molecule has 1 aliphatic rings. The number of anilines is 2. The van der Waals surface area contributed by atoms with Gasteiger partial charge in [-0.25, -0.2) is 4.79 Å². The SMILES string of the molecule is CCCNC(=O)Nc1cc(C(=O)NCc2ccc(C(C)C)cc2)ccc1N1CCCC1. The highest BCUT2D eigenvalue weighted by Crippen LogP contribution is 2.30. The van der Waals surface area contributed by atoms with E-state index in [9.17, 15) is 9.59 Å². The van der Waals surface area contributed by atoms with Crippen LogP contribution >= 0.6 is 0 Å². The molecule has 31 heavy (non-hydrogen) atoms. The minimum atomic E-state index is -0.245. The van der Waals surface area contributed by atoms with Crippen LogP contribution in [0.15, 0.2) is 42.5 Å². The second-order valence-electron chi connectivity index (χ2n) is 8.39. The molecule has 3 N–H and O–H groups in total. The number of urea groups is 1. The fourth-order valence-electron chi connectivity index (χ4n) is 3.72. The van der Waals surface area contributed by atoms with Crippen molar-refractivity contribution in [2.75, 3.05) is 29.9 Å². The van der Waals surface area contributed by atoms with Gasteiger partial charge in [0.2, 0.25) is 0 Å². The first kappa shape index (κ1) is 22.7. The molecule has 0 saturated carbocycles. The number of benzene rings is 2. The fraction of sp³-hybridized carbons (Fsp3) is 0.440. The number of carbonyl (C=O) groups is 2. The standard InChI is InChI=1S/C25H34N4O2/c1-4-13-26-25(31)28-22-16-21(11-12-23(22)29-14-5-6-15-29)24(30)27-17-19-7-9-20(10-8-19)18(2)3/h7-12,16,18H,4-6,13-15,17H2,1-3H3,(H,27,30)(H2,26,28,31). The number of rotatable bonds is 8. The molecule has 2 aromatic rings. The van der Waals surface area contributed by atoms with E-state index in [1.165, 1.54) is 5.56 Å². The number of nitrogens with one attached hydrogen (secondary N) is 3. The van der Waals surface area contributed by atoms with Gasteiger partial charge in [-0.3, -0.25) is 4.79 Å². The van der Waals surface area contributed by atoms with E-state index in [0.29, 0.717) is 30.3 Å². The predicted octanol–water partition coefficient (Wildman–Crippen LogP) is 4.87. The van der Waals surface area contributed by atoms with Crippen LogP contribution in [0.25, 0.3) is 0 Å². The van der Waals surface area contributed by atoms with Gasteiger partial charge in [-0.05, 0) is 54.5 Å². The number of nitrogens with zero attached hydrogens (tertiary/aromatic N) is 1. The van der Waals surface area contributed by atoms with E-state index in [4.69, 9.17) is 0 Å². The van der Waals surface area contributed by atoms with Gasteiger partial charge in [0.25, 0.3) is 5.91 Å². The minimum absolute atomic E-state index is 0.155. The number of amides is 3. The van der Waals surface area contributed by atoms with Crippen LogP contribution in [-0.2, 0) is 6.54 Å². The lowest BCUT2D eigenvalue weighted by Gasteiger charge is -2.22. The Labute approximate surface area is 185 Å². The van der Waals surface area contributed by atoms with Crippen molar-refractivity contribution in [3.05, 3.63) is 59.2 Å². The molecule has 0 atom stereocenters. The summed E-state index contributed by atoms with van der Waals surface area (Å²) in [5, 5.41) is 8.76. The fourth-order valence-corrected chi connectivity index (χ4v) is 3.72. The van der Waals surface area contributed by atoms with Gasteiger partial charge in [0.15, 0.2) is 0 Å². The van der Waals surface area contributed by atoms with Crippen LogP contribution < -0.4 is 20.9 Å². The number of carbonyl (C=O) groups excluding carboxylic acids is 2. The first-order valence-corrected chi connectivity index (χ1v) is 11.3. The zero-order valence-electron chi connectivity index (χ0n) is 18.8. The molecule has 1 aliphatic heterocycles. The van der Waals surface area contributed by atoms with Crippen molar-refractivity contribution in [3.8, 4) is 0 Å². The van der Waals surface area contributed by atoms with Gasteiger partial charge in [0.05, 0.1) is 11.4 Å². The van der Waals surface area contributed by atoms with Crippen molar-refractivity contribution >= 4 is 23.3 Å². The Kier molecular flexibility index (Phi) is 7.93. The molecule has 0 radical (unpaired) electrons. The zero-order chi connectivity index (χ0) is 22.2. The van der Waals surface area contributed by atoms with Gasteiger partial charge < -0.3 is 20.9 Å². The van der Waals surface area contributed by atoms with Crippen molar-refractivity contribution in [1.82, 2.24) is 10.6 Å². The van der Waals surface area contributed by atoms with Crippen molar-refractivity contribution in [3.63, 3.8) is 0 Å². The normalized spacial score (nSPS) is 13.4. The molecule has 3 rings (SSSR count). The maximum absolute atomic E-state index is 12.8. The van der Waals surface area contributed by atoms with Crippen LogP contribution in [0.4, 0.5) is 16.2 Å². The molecule has 0 spiro atoms. The van der Waals surface area contributed by atoms with E-state index in [-0.39, 0.29) is 11.9 Å². The summed E-state index contributed by atoms with van der Waals surface area (Å²) in [4.78, 5) is 27.3. The highest BCUT2D eigenvalue weighted by atomic mass is 16.2. The van der Waals surface area contributed by atoms with Crippen LogP contribution in [0.5, 0.6) is 0 Å². The summed E-state index contributed by atoms with van der Waals surface area (Å²) < 4.78 is 0. The minimum Gasteiger partial charge on any atom is -0.370 e. The monoisotopic (exact) mass is 422 g/mol. The van der Waals surface area contributed by atoms with Crippen LogP contribution in [0.2, 0.25) is 0 Å². The molecule has 1 fully saturated rings. The van der Waals surface area contributed by atoms with E-state index in [2.05, 4.69) is 59.0 Å². The molecule has 6 heteroatoms. The van der Waals surface area contributed by atoms with Gasteiger partial charge >= 0.3 is 6.03 Å². The molecule has 0 bridgehead atoms. The molecule has 3 amide bonds. The van der Waals surface area contributed by atoms with Crippen molar-refractivity contribution in [2.45, 2.75) is 52.5 Å². The lowest BCUT2D eigenvalue weighted by molar-refractivity contribution is 0.0951. The van der Waals surface area contributed by atoms with E-state index in [1.54, 1.807) is 6.07 Å². The van der Waals surface area contributed by atoms with E-state index in [0.717, 1.165) is 43.6 Å². The van der Waals surface area contributed by atoms with Gasteiger partial charge in [0.1, 0.15) is 0 Å². The Bertz CT molecular complexity index is 887. The topological polar surface area (TPSA) is 73.5 Å². The van der Waals surface area contributed by atoms with Crippen LogP contribution in [0.3, 0.4) is 0 Å². The Balaban J connectivity index is 1.71. The Morgan fingerprint density at radius 3 is 2.35 bits per heavy atom. The average molecular weight is 423 g/mol. The first-order chi connectivity index (χ1) is 15.0. The molecule has 166 valence electrons. The molecule has 0 unspecified atom stereocenters. The third kappa shape index (κ3) is 6.23. The van der Waals surface area contributed by atoms with Crippen LogP contribution in [-0.4, -0.2) is 31.6 Å². The van der Waals surface area contributed by atoms with Crippen molar-refractivity contribution in [1.29, 1.82) is 0 Å². The summed E-state index contributed by atoms with van der Waals surface area (Å²) in [6.07, 6.45) is 3.14. The van der Waals surface area contributed by atoms with Gasteiger partial charge in [-0.2, -0.15) is 0 Å². The number of hydrogen-bond acceptors (Lipinski definition) is 3. The summed E-state index contributed by atoms with van der Waals surface area (Å²) in [6, 6.07) is 13.6. The van der Waals surface area contributed by atoms with Gasteiger partial charge in [-0.1, -0.05) is 45.0 Å². The molecular formula is C25H34N4O2. The second kappa shape index (κ2) is 10.8. The Morgan fingerprint density at radius 1 is 1.00 bits per heavy atom. The van der Waals surface area contributed by atoms with E-state index < -0.39 is 0 Å². The maximum Gasteiger partial charge on any atom is 0.319 e.